The number of hydrogen-bond donors (Lipinski definition) is 3. The van der Waals surface area contributed by atoms with E-state index in [9.17, 15) is 14.4 Å². The number of carbonyl (C=O) groups excluding carboxylic acids is 2. The molecular weight excluding hydrogens is 420 g/mol. The number of fused-ring (bicyclic) bond motifs is 3. The molecule has 1 aliphatic rings. The smallest absolute Gasteiger partial charge is 0.407 e. The Labute approximate surface area is 194 Å². The van der Waals surface area contributed by atoms with Gasteiger partial charge >= 0.3 is 12.1 Å². The lowest BCUT2D eigenvalue weighted by molar-refractivity contribution is -0.137. The highest BCUT2D eigenvalue weighted by atomic mass is 16.5. The van der Waals surface area contributed by atoms with Gasteiger partial charge in [-0.1, -0.05) is 55.5 Å². The second-order valence-corrected chi connectivity index (χ2v) is 8.53. The van der Waals surface area contributed by atoms with E-state index in [1.54, 1.807) is 0 Å². The average Bonchev–Trinajstić information content (AvgIpc) is 3.10. The van der Waals surface area contributed by atoms with E-state index in [0.29, 0.717) is 19.3 Å². The maximum atomic E-state index is 12.5. The Bertz CT molecular complexity index is 945. The summed E-state index contributed by atoms with van der Waals surface area (Å²) < 4.78 is 5.57. The third-order valence-electron chi connectivity index (χ3n) is 6.03. The molecule has 0 saturated carbocycles. The molecule has 3 rings (SSSR count). The first kappa shape index (κ1) is 24.3. The first-order chi connectivity index (χ1) is 15.9. The molecule has 1 aliphatic carbocycles. The minimum Gasteiger partial charge on any atom is -0.481 e. The third kappa shape index (κ3) is 6.57. The summed E-state index contributed by atoms with van der Waals surface area (Å²) in [4.78, 5) is 35.4. The fraction of sp³-hybridized carbons (Fsp3) is 0.423. The van der Waals surface area contributed by atoms with E-state index in [1.165, 1.54) is 11.1 Å². The molecule has 0 aliphatic heterocycles. The predicted octanol–water partition coefficient (Wildman–Crippen LogP) is 4.45. The molecule has 0 fully saturated rings. The summed E-state index contributed by atoms with van der Waals surface area (Å²) in [5, 5.41) is 14.4. The van der Waals surface area contributed by atoms with Gasteiger partial charge in [0.15, 0.2) is 0 Å². The molecule has 176 valence electrons. The lowest BCUT2D eigenvalue weighted by atomic mass is 9.98. The number of nitrogens with one attached hydrogen (secondary N) is 2. The van der Waals surface area contributed by atoms with E-state index in [4.69, 9.17) is 9.84 Å². The summed E-state index contributed by atoms with van der Waals surface area (Å²) >= 11 is 0. The van der Waals surface area contributed by atoms with Crippen molar-refractivity contribution in [2.45, 2.75) is 64.0 Å². The van der Waals surface area contributed by atoms with Crippen LogP contribution >= 0.6 is 0 Å². The molecule has 0 spiro atoms. The number of hydrogen-bond acceptors (Lipinski definition) is 4. The lowest BCUT2D eigenvalue weighted by Gasteiger charge is -2.20. The fourth-order valence-corrected chi connectivity index (χ4v) is 4.29. The highest BCUT2D eigenvalue weighted by Crippen LogP contribution is 2.44. The van der Waals surface area contributed by atoms with Gasteiger partial charge in [0.05, 0.1) is 0 Å². The van der Waals surface area contributed by atoms with Crippen LogP contribution in [0.4, 0.5) is 4.79 Å². The molecule has 0 bridgehead atoms. The number of carboxylic acids is 1. The summed E-state index contributed by atoms with van der Waals surface area (Å²) in [6, 6.07) is 15.8. The number of carbonyl (C=O) groups is 3. The third-order valence-corrected chi connectivity index (χ3v) is 6.03. The quantitative estimate of drug-likeness (QED) is 0.467. The normalized spacial score (nSPS) is 14.0. The second kappa shape index (κ2) is 11.5. The van der Waals surface area contributed by atoms with Gasteiger partial charge in [0.1, 0.15) is 6.61 Å². The Hall–Kier alpha value is -3.35. The van der Waals surface area contributed by atoms with Crippen molar-refractivity contribution >= 4 is 18.0 Å². The van der Waals surface area contributed by atoms with Gasteiger partial charge in [-0.25, -0.2) is 4.79 Å². The largest absolute Gasteiger partial charge is 0.481 e. The van der Waals surface area contributed by atoms with Crippen LogP contribution in [0.2, 0.25) is 0 Å². The number of rotatable bonds is 11. The molecular formula is C26H32N2O5. The van der Waals surface area contributed by atoms with Gasteiger partial charge < -0.3 is 20.5 Å². The Morgan fingerprint density at radius 1 is 1.00 bits per heavy atom. The number of aliphatic carboxylic acids is 1. The summed E-state index contributed by atoms with van der Waals surface area (Å²) in [7, 11) is 0. The van der Waals surface area contributed by atoms with Crippen LogP contribution in [0, 0.1) is 0 Å². The standard InChI is InChI=1S/C26H32N2O5/c1-3-18(15-24(29)27-17(2)9-8-14-25(30)31)28-26(32)33-16-23-21-12-6-4-10-19(21)20-11-5-7-13-22(20)23/h4-7,10-13,17-18,23H,3,8-9,14-16H2,1-2H3,(H,27,29)(H,28,32)(H,30,31)/t17?,18-/m1/s1. The summed E-state index contributed by atoms with van der Waals surface area (Å²) in [6.45, 7) is 3.97. The topological polar surface area (TPSA) is 105 Å². The maximum Gasteiger partial charge on any atom is 0.407 e. The number of ether oxygens (including phenoxy) is 1. The molecule has 2 amide bonds. The van der Waals surface area contributed by atoms with Crippen molar-refractivity contribution in [3.8, 4) is 11.1 Å². The summed E-state index contributed by atoms with van der Waals surface area (Å²) in [6.07, 6.45) is 1.38. The Balaban J connectivity index is 1.49. The highest BCUT2D eigenvalue weighted by molar-refractivity contribution is 5.79. The van der Waals surface area contributed by atoms with E-state index >= 15 is 0 Å². The van der Waals surface area contributed by atoms with Gasteiger partial charge in [-0.3, -0.25) is 9.59 Å². The molecule has 2 aromatic carbocycles. The van der Waals surface area contributed by atoms with Crippen molar-refractivity contribution in [2.75, 3.05) is 6.61 Å². The van der Waals surface area contributed by atoms with E-state index in [0.717, 1.165) is 11.1 Å². The monoisotopic (exact) mass is 452 g/mol. The van der Waals surface area contributed by atoms with Gasteiger partial charge in [0.2, 0.25) is 5.91 Å². The number of amides is 2. The Morgan fingerprint density at radius 2 is 1.61 bits per heavy atom. The van der Waals surface area contributed by atoms with Gasteiger partial charge in [-0.05, 0) is 48.4 Å². The number of benzene rings is 2. The molecule has 0 heterocycles. The van der Waals surface area contributed by atoms with E-state index in [2.05, 4.69) is 34.9 Å². The zero-order valence-corrected chi connectivity index (χ0v) is 19.2. The first-order valence-corrected chi connectivity index (χ1v) is 11.5. The number of alkyl carbamates (subject to hydrolysis) is 1. The molecule has 0 saturated heterocycles. The molecule has 7 nitrogen and oxygen atoms in total. The molecule has 0 aromatic heterocycles. The van der Waals surface area contributed by atoms with Crippen LogP contribution in [0.15, 0.2) is 48.5 Å². The van der Waals surface area contributed by atoms with Crippen molar-refractivity contribution < 1.29 is 24.2 Å². The molecule has 3 N–H and O–H groups in total. The van der Waals surface area contributed by atoms with Crippen molar-refractivity contribution in [2.24, 2.45) is 0 Å². The molecule has 0 radical (unpaired) electrons. The maximum absolute atomic E-state index is 12.5. The van der Waals surface area contributed by atoms with Crippen LogP contribution in [-0.2, 0) is 14.3 Å². The Kier molecular flexibility index (Phi) is 8.46. The summed E-state index contributed by atoms with van der Waals surface area (Å²) in [5.41, 5.74) is 4.63. The van der Waals surface area contributed by atoms with Crippen LogP contribution < -0.4 is 10.6 Å². The second-order valence-electron chi connectivity index (χ2n) is 8.53. The summed E-state index contributed by atoms with van der Waals surface area (Å²) in [5.74, 6) is -1.03. The zero-order chi connectivity index (χ0) is 23.8. The molecule has 1 unspecified atom stereocenters. The van der Waals surface area contributed by atoms with Crippen molar-refractivity contribution in [1.29, 1.82) is 0 Å². The minimum atomic E-state index is -0.841. The van der Waals surface area contributed by atoms with Crippen LogP contribution in [0.1, 0.15) is 63.0 Å². The SMILES string of the molecule is CC[C@H](CC(=O)NC(C)CCCC(=O)O)NC(=O)OCC1c2ccccc2-c2ccccc21. The lowest BCUT2D eigenvalue weighted by Crippen LogP contribution is -2.41. The van der Waals surface area contributed by atoms with Crippen molar-refractivity contribution in [1.82, 2.24) is 10.6 Å². The average molecular weight is 453 g/mol. The molecule has 2 atom stereocenters. The van der Waals surface area contributed by atoms with Gasteiger partial charge in [0.25, 0.3) is 0 Å². The van der Waals surface area contributed by atoms with Crippen LogP contribution in [0.25, 0.3) is 11.1 Å². The first-order valence-electron chi connectivity index (χ1n) is 11.5. The van der Waals surface area contributed by atoms with Crippen LogP contribution in [0.5, 0.6) is 0 Å². The van der Waals surface area contributed by atoms with Gasteiger partial charge in [0, 0.05) is 30.8 Å². The predicted molar refractivity (Wildman–Crippen MR) is 126 cm³/mol. The van der Waals surface area contributed by atoms with Gasteiger partial charge in [-0.15, -0.1) is 0 Å². The van der Waals surface area contributed by atoms with E-state index in [-0.39, 0.29) is 43.4 Å². The van der Waals surface area contributed by atoms with E-state index < -0.39 is 12.1 Å². The molecule has 2 aromatic rings. The Morgan fingerprint density at radius 3 is 2.18 bits per heavy atom. The fourth-order valence-electron chi connectivity index (χ4n) is 4.29. The molecule has 7 heteroatoms. The van der Waals surface area contributed by atoms with Crippen molar-refractivity contribution in [3.63, 3.8) is 0 Å². The highest BCUT2D eigenvalue weighted by Gasteiger charge is 2.29. The van der Waals surface area contributed by atoms with Crippen LogP contribution in [0.3, 0.4) is 0 Å². The zero-order valence-electron chi connectivity index (χ0n) is 19.2. The van der Waals surface area contributed by atoms with Gasteiger partial charge in [-0.2, -0.15) is 0 Å². The number of carboxylic acid groups (broad SMARTS) is 1. The van der Waals surface area contributed by atoms with Crippen molar-refractivity contribution in [3.05, 3.63) is 59.7 Å². The van der Waals surface area contributed by atoms with Crippen LogP contribution in [-0.4, -0.2) is 41.8 Å². The minimum absolute atomic E-state index is 0.0156. The molecule has 33 heavy (non-hydrogen) atoms. The van der Waals surface area contributed by atoms with E-state index in [1.807, 2.05) is 38.1 Å².